The molecule has 0 aliphatic carbocycles. The van der Waals surface area contributed by atoms with E-state index in [0.717, 1.165) is 96.3 Å². The van der Waals surface area contributed by atoms with Crippen LogP contribution in [0.2, 0.25) is 0 Å². The molecule has 1 saturated heterocycles. The van der Waals surface area contributed by atoms with E-state index in [0.29, 0.717) is 25.9 Å². The monoisotopic (exact) mass is 1040 g/mol. The Morgan fingerprint density at radius 2 is 0.959 bits per heavy atom. The number of nitrogens with one attached hydrogen (secondary N) is 1. The molecule has 0 saturated carbocycles. The number of hydrogen-bond donors (Lipinski definition) is 6. The number of amides is 1. The van der Waals surface area contributed by atoms with Crippen molar-refractivity contribution in [2.45, 2.75) is 307 Å². The van der Waals surface area contributed by atoms with E-state index >= 15 is 0 Å². The lowest BCUT2D eigenvalue weighted by Crippen LogP contribution is -2.60. The van der Waals surface area contributed by atoms with E-state index in [2.05, 4.69) is 67.8 Å². The maximum absolute atomic E-state index is 13.0. The van der Waals surface area contributed by atoms with Gasteiger partial charge in [-0.05, 0) is 83.5 Å². The lowest BCUT2D eigenvalue weighted by atomic mass is 9.99. The zero-order valence-corrected chi connectivity index (χ0v) is 47.3. The zero-order chi connectivity index (χ0) is 53.8. The minimum atomic E-state index is -1.58. The minimum Gasteiger partial charge on any atom is -0.466 e. The van der Waals surface area contributed by atoms with Crippen LogP contribution in [0.3, 0.4) is 0 Å². The molecule has 74 heavy (non-hydrogen) atoms. The Morgan fingerprint density at radius 1 is 0.514 bits per heavy atom. The van der Waals surface area contributed by atoms with Gasteiger partial charge in [0.2, 0.25) is 5.91 Å². The number of esters is 1. The average molecular weight is 1040 g/mol. The first-order valence-electron chi connectivity index (χ1n) is 30.6. The molecule has 0 aromatic carbocycles. The van der Waals surface area contributed by atoms with Gasteiger partial charge in [0.15, 0.2) is 6.29 Å². The van der Waals surface area contributed by atoms with Crippen molar-refractivity contribution in [3.8, 4) is 0 Å². The Bertz CT molecular complexity index is 1410. The van der Waals surface area contributed by atoms with Crippen LogP contribution in [0.1, 0.15) is 264 Å². The van der Waals surface area contributed by atoms with Crippen LogP contribution in [0.25, 0.3) is 0 Å². The van der Waals surface area contributed by atoms with Crippen molar-refractivity contribution in [2.24, 2.45) is 0 Å². The Morgan fingerprint density at radius 3 is 1.46 bits per heavy atom. The standard InChI is InChI=1S/C63H113NO10/c1-3-5-7-9-11-13-15-16-17-21-25-28-31-35-39-43-47-51-59(68)72-52-48-44-40-36-32-29-26-23-20-18-19-22-24-27-30-34-38-42-46-50-58(67)64-55(54-73-63-62(71)61(70)60(69)57(53-65)74-63)56(66)49-45-41-37-33-14-12-10-8-6-4-2/h6,8,14,23,26,29,32-33,45,49,55-57,60-63,65-66,69-71H,3-5,7,9-13,15-22,24-25,27-28,30-31,34-44,46-48,50-54H2,1-2H3,(H,64,67)/b8-6+,26-23-,32-29-,33-14+,49-45+. The summed E-state index contributed by atoms with van der Waals surface area (Å²) in [5.74, 6) is -0.235. The lowest BCUT2D eigenvalue weighted by molar-refractivity contribution is -0.302. The molecule has 1 aliphatic heterocycles. The number of hydrogen-bond acceptors (Lipinski definition) is 10. The summed E-state index contributed by atoms with van der Waals surface area (Å²) in [5.41, 5.74) is 0. The van der Waals surface area contributed by atoms with Crippen molar-refractivity contribution >= 4 is 11.9 Å². The number of unbranched alkanes of at least 4 members (excludes halogenated alkanes) is 31. The second-order valence-corrected chi connectivity index (χ2v) is 21.0. The molecule has 1 rings (SSSR count). The first-order chi connectivity index (χ1) is 36.2. The van der Waals surface area contributed by atoms with Gasteiger partial charge in [-0.15, -0.1) is 0 Å². The second-order valence-electron chi connectivity index (χ2n) is 21.0. The third kappa shape index (κ3) is 41.5. The van der Waals surface area contributed by atoms with E-state index in [-0.39, 0.29) is 18.5 Å². The van der Waals surface area contributed by atoms with Gasteiger partial charge in [-0.3, -0.25) is 9.59 Å². The van der Waals surface area contributed by atoms with E-state index in [4.69, 9.17) is 14.2 Å². The van der Waals surface area contributed by atoms with Crippen LogP contribution in [-0.4, -0.2) is 100 Å². The molecule has 1 amide bonds. The molecule has 1 aliphatic rings. The van der Waals surface area contributed by atoms with Crippen LogP contribution >= 0.6 is 0 Å². The van der Waals surface area contributed by atoms with Crippen molar-refractivity contribution in [1.29, 1.82) is 0 Å². The van der Waals surface area contributed by atoms with Crippen molar-refractivity contribution in [2.75, 3.05) is 19.8 Å². The molecule has 0 spiro atoms. The maximum Gasteiger partial charge on any atom is 0.305 e. The van der Waals surface area contributed by atoms with E-state index < -0.39 is 49.5 Å². The predicted molar refractivity (Wildman–Crippen MR) is 306 cm³/mol. The van der Waals surface area contributed by atoms with E-state index in [9.17, 15) is 35.1 Å². The topological polar surface area (TPSA) is 175 Å². The number of carbonyl (C=O) groups is 2. The van der Waals surface area contributed by atoms with Gasteiger partial charge in [-0.1, -0.05) is 229 Å². The molecule has 0 bridgehead atoms. The van der Waals surface area contributed by atoms with Crippen LogP contribution in [0, 0.1) is 0 Å². The van der Waals surface area contributed by atoms with Gasteiger partial charge in [0.25, 0.3) is 0 Å². The van der Waals surface area contributed by atoms with Gasteiger partial charge in [0, 0.05) is 12.8 Å². The molecule has 6 N–H and O–H groups in total. The quantitative estimate of drug-likeness (QED) is 0.0149. The van der Waals surface area contributed by atoms with Crippen LogP contribution in [0.15, 0.2) is 60.8 Å². The summed E-state index contributed by atoms with van der Waals surface area (Å²) in [7, 11) is 0. The van der Waals surface area contributed by atoms with E-state index in [1.165, 1.54) is 135 Å². The second kappa shape index (κ2) is 52.4. The molecule has 11 nitrogen and oxygen atoms in total. The highest BCUT2D eigenvalue weighted by molar-refractivity contribution is 5.76. The van der Waals surface area contributed by atoms with Gasteiger partial charge in [-0.25, -0.2) is 0 Å². The van der Waals surface area contributed by atoms with Crippen molar-refractivity contribution in [1.82, 2.24) is 5.32 Å². The van der Waals surface area contributed by atoms with Gasteiger partial charge >= 0.3 is 5.97 Å². The van der Waals surface area contributed by atoms with Crippen LogP contribution in [0.4, 0.5) is 0 Å². The number of allylic oxidation sites excluding steroid dienone is 9. The van der Waals surface area contributed by atoms with Gasteiger partial charge in [0.05, 0.1) is 32.0 Å². The van der Waals surface area contributed by atoms with Crippen molar-refractivity contribution in [3.63, 3.8) is 0 Å². The highest BCUT2D eigenvalue weighted by atomic mass is 16.7. The summed E-state index contributed by atoms with van der Waals surface area (Å²) in [6, 6.07) is -0.842. The summed E-state index contributed by atoms with van der Waals surface area (Å²) in [6.45, 7) is 4.15. The molecule has 0 aromatic rings. The lowest BCUT2D eigenvalue weighted by Gasteiger charge is -2.40. The molecule has 7 atom stereocenters. The molecule has 1 heterocycles. The van der Waals surface area contributed by atoms with Gasteiger partial charge in [0.1, 0.15) is 24.4 Å². The highest BCUT2D eigenvalue weighted by Crippen LogP contribution is 2.23. The zero-order valence-electron chi connectivity index (χ0n) is 47.3. The van der Waals surface area contributed by atoms with Crippen molar-refractivity contribution < 1.29 is 49.3 Å². The molecule has 430 valence electrons. The van der Waals surface area contributed by atoms with E-state index in [1.54, 1.807) is 6.08 Å². The molecule has 11 heteroatoms. The third-order valence-electron chi connectivity index (χ3n) is 14.1. The third-order valence-corrected chi connectivity index (χ3v) is 14.1. The van der Waals surface area contributed by atoms with Gasteiger partial charge in [-0.2, -0.15) is 0 Å². The Labute approximate surface area is 452 Å². The molecule has 1 fully saturated rings. The normalized spacial score (nSPS) is 19.3. The van der Waals surface area contributed by atoms with Crippen LogP contribution in [0.5, 0.6) is 0 Å². The van der Waals surface area contributed by atoms with Crippen LogP contribution in [-0.2, 0) is 23.8 Å². The molecule has 0 aromatic heterocycles. The minimum absolute atomic E-state index is 0.0260. The first kappa shape index (κ1) is 69.4. The Kier molecular flexibility index (Phi) is 49.1. The Balaban J connectivity index is 2.05. The first-order valence-corrected chi connectivity index (χ1v) is 30.6. The number of ether oxygens (including phenoxy) is 3. The molecule has 7 unspecified atom stereocenters. The van der Waals surface area contributed by atoms with E-state index in [1.807, 2.05) is 6.08 Å². The molecular formula is C63H113NO10. The number of aliphatic hydroxyl groups is 5. The predicted octanol–water partition coefficient (Wildman–Crippen LogP) is 14.2. The summed E-state index contributed by atoms with van der Waals surface area (Å²) in [6.07, 6.45) is 57.7. The number of aliphatic hydroxyl groups excluding tert-OH is 5. The largest absolute Gasteiger partial charge is 0.466 e. The highest BCUT2D eigenvalue weighted by Gasteiger charge is 2.44. The fourth-order valence-corrected chi connectivity index (χ4v) is 9.29. The SMILES string of the molecule is CC/C=C/CC/C=C/CC/C=C/C(O)C(COC1OC(CO)C(O)C(O)C1O)NC(=O)CCCCCCCCCCCC/C=C\C=C/CCCCCOC(=O)CCCCCCCCCCCCCCCCCCC. The average Bonchev–Trinajstić information content (AvgIpc) is 3.40. The van der Waals surface area contributed by atoms with Gasteiger partial charge < -0.3 is 45.1 Å². The number of carbonyl (C=O) groups excluding carboxylic acids is 2. The van der Waals surface area contributed by atoms with Crippen LogP contribution < -0.4 is 5.32 Å². The molecular weight excluding hydrogens is 931 g/mol. The smallest absolute Gasteiger partial charge is 0.305 e. The molecule has 0 radical (unpaired) electrons. The summed E-state index contributed by atoms with van der Waals surface area (Å²) < 4.78 is 16.7. The van der Waals surface area contributed by atoms with Crippen molar-refractivity contribution in [3.05, 3.63) is 60.8 Å². The summed E-state index contributed by atoms with van der Waals surface area (Å²) in [5, 5.41) is 54.2. The maximum atomic E-state index is 13.0. The summed E-state index contributed by atoms with van der Waals surface area (Å²) >= 11 is 0. The summed E-state index contributed by atoms with van der Waals surface area (Å²) in [4.78, 5) is 25.1. The fraction of sp³-hybridized carbons (Fsp3) is 0.810. The number of rotatable bonds is 52. The Hall–Kier alpha value is -2.64. The fourth-order valence-electron chi connectivity index (χ4n) is 9.29.